The SMILES string of the molecule is COc1cccc(S(=O)(=O)OS(=O)(=O)c2cccc(OC)c2)c1. The van der Waals surface area contributed by atoms with Crippen LogP contribution in [0.1, 0.15) is 0 Å². The molecule has 0 unspecified atom stereocenters. The molecule has 0 saturated carbocycles. The fraction of sp³-hybridized carbons (Fsp3) is 0.143. The van der Waals surface area contributed by atoms with Crippen molar-refractivity contribution in [3.8, 4) is 11.5 Å². The van der Waals surface area contributed by atoms with Crippen LogP contribution in [-0.4, -0.2) is 31.1 Å². The normalized spacial score (nSPS) is 11.9. The molecule has 2 aromatic carbocycles. The lowest BCUT2D eigenvalue weighted by Crippen LogP contribution is -2.14. The van der Waals surface area contributed by atoms with Gasteiger partial charge in [-0.25, -0.2) is 0 Å². The van der Waals surface area contributed by atoms with E-state index in [1.807, 2.05) is 0 Å². The van der Waals surface area contributed by atoms with E-state index in [-0.39, 0.29) is 21.3 Å². The van der Waals surface area contributed by atoms with Gasteiger partial charge >= 0.3 is 20.2 Å². The number of methoxy groups -OCH3 is 2. The predicted octanol–water partition coefficient (Wildman–Crippen LogP) is 1.80. The Bertz CT molecular complexity index is 827. The van der Waals surface area contributed by atoms with E-state index in [9.17, 15) is 16.8 Å². The van der Waals surface area contributed by atoms with Crippen LogP contribution >= 0.6 is 0 Å². The molecule has 0 spiro atoms. The summed E-state index contributed by atoms with van der Waals surface area (Å²) < 4.78 is 62.9. The van der Waals surface area contributed by atoms with Gasteiger partial charge in [0.15, 0.2) is 0 Å². The summed E-state index contributed by atoms with van der Waals surface area (Å²) in [6.07, 6.45) is 0. The quantitative estimate of drug-likeness (QED) is 0.777. The largest absolute Gasteiger partial charge is 0.497 e. The molecule has 0 aromatic heterocycles. The van der Waals surface area contributed by atoms with Crippen molar-refractivity contribution in [3.05, 3.63) is 48.5 Å². The first-order valence-electron chi connectivity index (χ1n) is 6.28. The molecule has 0 amide bonds. The van der Waals surface area contributed by atoms with Gasteiger partial charge in [-0.3, -0.25) is 0 Å². The molecular formula is C14H14O7S2. The van der Waals surface area contributed by atoms with Crippen molar-refractivity contribution in [1.29, 1.82) is 0 Å². The summed E-state index contributed by atoms with van der Waals surface area (Å²) in [4.78, 5) is -0.661. The van der Waals surface area contributed by atoms with Gasteiger partial charge in [-0.1, -0.05) is 12.1 Å². The summed E-state index contributed by atoms with van der Waals surface area (Å²) in [5.41, 5.74) is 0. The zero-order valence-corrected chi connectivity index (χ0v) is 13.9. The van der Waals surface area contributed by atoms with Crippen molar-refractivity contribution in [2.24, 2.45) is 0 Å². The van der Waals surface area contributed by atoms with E-state index < -0.39 is 20.2 Å². The van der Waals surface area contributed by atoms with E-state index in [1.54, 1.807) is 0 Å². The van der Waals surface area contributed by atoms with Crippen LogP contribution in [0.3, 0.4) is 0 Å². The Balaban J connectivity index is 2.38. The standard InChI is InChI=1S/C14H14O7S2/c1-19-11-5-3-7-13(9-11)22(15,16)21-23(17,18)14-8-4-6-12(10-14)20-2/h3-10H,1-2H3. The van der Waals surface area contributed by atoms with Crippen LogP contribution in [0.5, 0.6) is 11.5 Å². The highest BCUT2D eigenvalue weighted by Gasteiger charge is 2.27. The van der Waals surface area contributed by atoms with Gasteiger partial charge in [-0.2, -0.15) is 16.8 Å². The van der Waals surface area contributed by atoms with Crippen LogP contribution in [0, 0.1) is 0 Å². The minimum atomic E-state index is -4.53. The molecule has 9 heteroatoms. The lowest BCUT2D eigenvalue weighted by Gasteiger charge is -2.08. The molecule has 0 aliphatic heterocycles. The van der Waals surface area contributed by atoms with Crippen LogP contribution in [0.4, 0.5) is 0 Å². The van der Waals surface area contributed by atoms with Gasteiger partial charge in [0.1, 0.15) is 11.5 Å². The fourth-order valence-corrected chi connectivity index (χ4v) is 4.29. The minimum absolute atomic E-state index is 0.258. The zero-order chi connectivity index (χ0) is 17.1. The molecular weight excluding hydrogens is 344 g/mol. The number of benzene rings is 2. The number of rotatable bonds is 6. The molecule has 0 bridgehead atoms. The van der Waals surface area contributed by atoms with Gasteiger partial charge in [-0.15, -0.1) is 3.63 Å². The molecule has 7 nitrogen and oxygen atoms in total. The average molecular weight is 358 g/mol. The topological polar surface area (TPSA) is 96.0 Å². The van der Waals surface area contributed by atoms with Crippen molar-refractivity contribution in [1.82, 2.24) is 0 Å². The van der Waals surface area contributed by atoms with E-state index in [4.69, 9.17) is 9.47 Å². The molecule has 2 aromatic rings. The van der Waals surface area contributed by atoms with Crippen LogP contribution < -0.4 is 9.47 Å². The van der Waals surface area contributed by atoms with Crippen LogP contribution in [0.2, 0.25) is 0 Å². The summed E-state index contributed by atoms with van der Waals surface area (Å²) in [7, 11) is -6.33. The number of hydrogen-bond acceptors (Lipinski definition) is 7. The van der Waals surface area contributed by atoms with Crippen molar-refractivity contribution in [3.63, 3.8) is 0 Å². The average Bonchev–Trinajstić information content (AvgIpc) is 2.54. The molecule has 0 saturated heterocycles. The van der Waals surface area contributed by atoms with E-state index >= 15 is 0 Å². The molecule has 0 aliphatic rings. The second kappa shape index (κ2) is 6.57. The Morgan fingerprint density at radius 2 is 1.09 bits per heavy atom. The maximum Gasteiger partial charge on any atom is 0.311 e. The summed E-state index contributed by atoms with van der Waals surface area (Å²) >= 11 is 0. The van der Waals surface area contributed by atoms with E-state index in [0.717, 1.165) is 12.1 Å². The summed E-state index contributed by atoms with van der Waals surface area (Å²) in [6, 6.07) is 10.6. The van der Waals surface area contributed by atoms with E-state index in [2.05, 4.69) is 3.63 Å². The first-order valence-corrected chi connectivity index (χ1v) is 9.09. The Hall–Kier alpha value is -2.10. The Morgan fingerprint density at radius 1 is 0.696 bits per heavy atom. The zero-order valence-electron chi connectivity index (χ0n) is 12.3. The molecule has 2 rings (SSSR count). The molecule has 0 heterocycles. The van der Waals surface area contributed by atoms with Crippen LogP contribution in [0.25, 0.3) is 0 Å². The van der Waals surface area contributed by atoms with Gasteiger partial charge in [0.2, 0.25) is 0 Å². The van der Waals surface area contributed by atoms with E-state index in [1.165, 1.54) is 50.6 Å². The Labute approximate surface area is 134 Å². The molecule has 0 fully saturated rings. The molecule has 0 radical (unpaired) electrons. The first kappa shape index (κ1) is 17.3. The summed E-state index contributed by atoms with van der Waals surface area (Å²) in [6.45, 7) is 0. The number of ether oxygens (including phenoxy) is 2. The smallest absolute Gasteiger partial charge is 0.311 e. The third kappa shape index (κ3) is 4.01. The molecule has 124 valence electrons. The van der Waals surface area contributed by atoms with Gasteiger partial charge in [0.05, 0.1) is 24.0 Å². The van der Waals surface area contributed by atoms with Gasteiger partial charge in [-0.05, 0) is 24.3 Å². The van der Waals surface area contributed by atoms with Crippen molar-refractivity contribution in [2.75, 3.05) is 14.2 Å². The highest BCUT2D eigenvalue weighted by Crippen LogP contribution is 2.24. The maximum absolute atomic E-state index is 12.2. The first-order chi connectivity index (χ1) is 10.8. The van der Waals surface area contributed by atoms with Crippen molar-refractivity contribution in [2.45, 2.75) is 9.79 Å². The molecule has 0 atom stereocenters. The maximum atomic E-state index is 12.2. The third-order valence-electron chi connectivity index (χ3n) is 2.84. The highest BCUT2D eigenvalue weighted by molar-refractivity contribution is 7.99. The summed E-state index contributed by atoms with van der Waals surface area (Å²) in [5, 5.41) is 0. The second-order valence-electron chi connectivity index (χ2n) is 4.33. The third-order valence-corrected chi connectivity index (χ3v) is 5.93. The summed E-state index contributed by atoms with van der Waals surface area (Å²) in [5.74, 6) is 0.516. The Kier molecular flexibility index (Phi) is 4.93. The Morgan fingerprint density at radius 3 is 1.43 bits per heavy atom. The monoisotopic (exact) mass is 358 g/mol. The lowest BCUT2D eigenvalue weighted by molar-refractivity contribution is 0.411. The van der Waals surface area contributed by atoms with Crippen LogP contribution in [-0.2, 0) is 23.9 Å². The molecule has 0 aliphatic carbocycles. The van der Waals surface area contributed by atoms with Gasteiger partial charge < -0.3 is 9.47 Å². The fourth-order valence-electron chi connectivity index (χ4n) is 1.71. The van der Waals surface area contributed by atoms with Crippen molar-refractivity contribution >= 4 is 20.2 Å². The van der Waals surface area contributed by atoms with Gasteiger partial charge in [0, 0.05) is 12.1 Å². The minimum Gasteiger partial charge on any atom is -0.497 e. The van der Waals surface area contributed by atoms with Gasteiger partial charge in [0.25, 0.3) is 0 Å². The lowest BCUT2D eigenvalue weighted by atomic mass is 10.3. The predicted molar refractivity (Wildman–Crippen MR) is 81.4 cm³/mol. The van der Waals surface area contributed by atoms with Crippen molar-refractivity contribution < 1.29 is 29.9 Å². The number of hydrogen-bond donors (Lipinski definition) is 0. The molecule has 23 heavy (non-hydrogen) atoms. The van der Waals surface area contributed by atoms with E-state index in [0.29, 0.717) is 0 Å². The van der Waals surface area contributed by atoms with Crippen LogP contribution in [0.15, 0.2) is 58.3 Å². The highest BCUT2D eigenvalue weighted by atomic mass is 32.3. The second-order valence-corrected chi connectivity index (χ2v) is 7.64. The molecule has 0 N–H and O–H groups in total.